The van der Waals surface area contributed by atoms with Gasteiger partial charge in [0.05, 0.1) is 0 Å². The van der Waals surface area contributed by atoms with Crippen LogP contribution in [-0.2, 0) is 4.79 Å². The van der Waals surface area contributed by atoms with Crippen LogP contribution in [0.3, 0.4) is 0 Å². The van der Waals surface area contributed by atoms with Crippen LogP contribution in [0.5, 0.6) is 0 Å². The SMILES string of the molecule is CCC/C=C(/C=C(/C=O)CC)CC. The Kier molecular flexibility index (Phi) is 7.27. The molecule has 0 spiro atoms. The van der Waals surface area contributed by atoms with Crippen LogP contribution >= 0.6 is 0 Å². The molecule has 13 heavy (non-hydrogen) atoms. The molecule has 74 valence electrons. The van der Waals surface area contributed by atoms with E-state index in [4.69, 9.17) is 0 Å². The highest BCUT2D eigenvalue weighted by Gasteiger charge is 1.93. The monoisotopic (exact) mass is 180 g/mol. The summed E-state index contributed by atoms with van der Waals surface area (Å²) in [6, 6.07) is 0. The van der Waals surface area contributed by atoms with Crippen molar-refractivity contribution in [1.29, 1.82) is 0 Å². The standard InChI is InChI=1S/C12H20O/c1-4-7-8-11(5-2)9-12(6-3)10-13/h8-10H,4-7H2,1-3H3/b11-8+,12-9+. The van der Waals surface area contributed by atoms with Crippen LogP contribution in [0.4, 0.5) is 0 Å². The smallest absolute Gasteiger partial charge is 0.146 e. The lowest BCUT2D eigenvalue weighted by atomic mass is 10.1. The average Bonchev–Trinajstić information content (AvgIpc) is 2.19. The quantitative estimate of drug-likeness (QED) is 0.346. The molecule has 0 unspecified atom stereocenters. The van der Waals surface area contributed by atoms with E-state index >= 15 is 0 Å². The summed E-state index contributed by atoms with van der Waals surface area (Å²) in [6.07, 6.45) is 9.30. The summed E-state index contributed by atoms with van der Waals surface area (Å²) >= 11 is 0. The highest BCUT2D eigenvalue weighted by Crippen LogP contribution is 2.09. The highest BCUT2D eigenvalue weighted by atomic mass is 16.1. The van der Waals surface area contributed by atoms with Gasteiger partial charge in [0, 0.05) is 0 Å². The molecular weight excluding hydrogens is 160 g/mol. The second-order valence-corrected chi connectivity index (χ2v) is 3.11. The fourth-order valence-corrected chi connectivity index (χ4v) is 1.09. The number of hydrogen-bond donors (Lipinski definition) is 0. The van der Waals surface area contributed by atoms with E-state index < -0.39 is 0 Å². The van der Waals surface area contributed by atoms with E-state index in [1.54, 1.807) is 0 Å². The molecule has 0 radical (unpaired) electrons. The summed E-state index contributed by atoms with van der Waals surface area (Å²) < 4.78 is 0. The van der Waals surface area contributed by atoms with E-state index in [9.17, 15) is 4.79 Å². The van der Waals surface area contributed by atoms with Crippen molar-refractivity contribution in [3.05, 3.63) is 23.3 Å². The minimum atomic E-state index is 0.826. The van der Waals surface area contributed by atoms with E-state index in [0.717, 1.165) is 31.1 Å². The van der Waals surface area contributed by atoms with Crippen molar-refractivity contribution in [2.75, 3.05) is 0 Å². The van der Waals surface area contributed by atoms with Gasteiger partial charge in [-0.15, -0.1) is 0 Å². The lowest BCUT2D eigenvalue weighted by Gasteiger charge is -1.99. The van der Waals surface area contributed by atoms with Gasteiger partial charge in [0.2, 0.25) is 0 Å². The van der Waals surface area contributed by atoms with E-state index in [0.29, 0.717) is 0 Å². The van der Waals surface area contributed by atoms with E-state index in [1.807, 2.05) is 13.0 Å². The van der Waals surface area contributed by atoms with Crippen LogP contribution in [0.25, 0.3) is 0 Å². The predicted octanol–water partition coefficient (Wildman–Crippen LogP) is 3.66. The van der Waals surface area contributed by atoms with Crippen LogP contribution in [0.1, 0.15) is 46.5 Å². The summed E-state index contributed by atoms with van der Waals surface area (Å²) in [6.45, 7) is 6.29. The maximum Gasteiger partial charge on any atom is 0.146 e. The fraction of sp³-hybridized carbons (Fsp3) is 0.583. The van der Waals surface area contributed by atoms with Gasteiger partial charge >= 0.3 is 0 Å². The van der Waals surface area contributed by atoms with Gasteiger partial charge in [-0.25, -0.2) is 0 Å². The largest absolute Gasteiger partial charge is 0.298 e. The Morgan fingerprint density at radius 2 is 1.69 bits per heavy atom. The van der Waals surface area contributed by atoms with Crippen LogP contribution in [0.2, 0.25) is 0 Å². The molecule has 0 heterocycles. The van der Waals surface area contributed by atoms with Crippen molar-refractivity contribution in [2.24, 2.45) is 0 Å². The molecule has 0 aliphatic carbocycles. The van der Waals surface area contributed by atoms with Gasteiger partial charge < -0.3 is 0 Å². The molecular formula is C12H20O. The van der Waals surface area contributed by atoms with Crippen LogP contribution in [-0.4, -0.2) is 6.29 Å². The Bertz CT molecular complexity index is 199. The van der Waals surface area contributed by atoms with Crippen LogP contribution in [0.15, 0.2) is 23.3 Å². The molecule has 0 aliphatic heterocycles. The molecule has 0 aromatic carbocycles. The minimum Gasteiger partial charge on any atom is -0.298 e. The fourth-order valence-electron chi connectivity index (χ4n) is 1.09. The summed E-state index contributed by atoms with van der Waals surface area (Å²) in [5.41, 5.74) is 2.18. The van der Waals surface area contributed by atoms with Crippen molar-refractivity contribution in [1.82, 2.24) is 0 Å². The van der Waals surface area contributed by atoms with Gasteiger partial charge in [-0.3, -0.25) is 4.79 Å². The topological polar surface area (TPSA) is 17.1 Å². The number of carbonyl (C=O) groups excluding carboxylic acids is 1. The summed E-state index contributed by atoms with van der Waals surface area (Å²) in [5.74, 6) is 0. The third kappa shape index (κ3) is 5.40. The number of allylic oxidation sites excluding steroid dienone is 4. The predicted molar refractivity (Wildman–Crippen MR) is 57.7 cm³/mol. The number of carbonyl (C=O) groups is 1. The maximum absolute atomic E-state index is 10.6. The number of unbranched alkanes of at least 4 members (excludes halogenated alkanes) is 1. The summed E-state index contributed by atoms with van der Waals surface area (Å²) in [7, 11) is 0. The molecule has 0 aromatic rings. The lowest BCUT2D eigenvalue weighted by molar-refractivity contribution is -0.105. The van der Waals surface area contributed by atoms with Crippen molar-refractivity contribution in [2.45, 2.75) is 46.5 Å². The summed E-state index contributed by atoms with van der Waals surface area (Å²) in [5, 5.41) is 0. The molecule has 0 saturated heterocycles. The molecule has 0 atom stereocenters. The highest BCUT2D eigenvalue weighted by molar-refractivity contribution is 5.74. The van der Waals surface area contributed by atoms with E-state index in [-0.39, 0.29) is 0 Å². The summed E-state index contributed by atoms with van der Waals surface area (Å²) in [4.78, 5) is 10.6. The Morgan fingerprint density at radius 3 is 2.08 bits per heavy atom. The zero-order valence-electron chi connectivity index (χ0n) is 8.97. The van der Waals surface area contributed by atoms with Crippen molar-refractivity contribution < 1.29 is 4.79 Å². The Hall–Kier alpha value is -0.850. The Balaban J connectivity index is 4.39. The molecule has 0 amide bonds. The number of hydrogen-bond acceptors (Lipinski definition) is 1. The zero-order chi connectivity index (χ0) is 10.1. The zero-order valence-corrected chi connectivity index (χ0v) is 8.97. The third-order valence-corrected chi connectivity index (χ3v) is 2.03. The first-order valence-electron chi connectivity index (χ1n) is 5.13. The molecule has 1 heteroatoms. The first-order chi connectivity index (χ1) is 6.28. The lowest BCUT2D eigenvalue weighted by Crippen LogP contribution is -1.84. The first-order valence-corrected chi connectivity index (χ1v) is 5.13. The van der Waals surface area contributed by atoms with Gasteiger partial charge in [0.25, 0.3) is 0 Å². The van der Waals surface area contributed by atoms with Crippen molar-refractivity contribution >= 4 is 6.29 Å². The molecule has 0 fully saturated rings. The van der Waals surface area contributed by atoms with Gasteiger partial charge in [-0.2, -0.15) is 0 Å². The van der Waals surface area contributed by atoms with E-state index in [1.165, 1.54) is 12.0 Å². The number of rotatable bonds is 6. The van der Waals surface area contributed by atoms with Crippen LogP contribution < -0.4 is 0 Å². The molecule has 1 nitrogen and oxygen atoms in total. The molecule has 0 rings (SSSR count). The third-order valence-electron chi connectivity index (χ3n) is 2.03. The molecule has 0 aromatic heterocycles. The number of aldehydes is 1. The van der Waals surface area contributed by atoms with Crippen molar-refractivity contribution in [3.63, 3.8) is 0 Å². The molecule has 0 bridgehead atoms. The second kappa shape index (κ2) is 7.78. The maximum atomic E-state index is 10.6. The molecule has 0 saturated carbocycles. The Labute approximate surface area is 81.5 Å². The van der Waals surface area contributed by atoms with Gasteiger partial charge in [-0.1, -0.05) is 44.9 Å². The molecule has 0 aliphatic rings. The Morgan fingerprint density at radius 1 is 1.08 bits per heavy atom. The minimum absolute atomic E-state index is 0.826. The van der Waals surface area contributed by atoms with Gasteiger partial charge in [0.15, 0.2) is 0 Å². The second-order valence-electron chi connectivity index (χ2n) is 3.11. The first kappa shape index (κ1) is 12.2. The van der Waals surface area contributed by atoms with Gasteiger partial charge in [-0.05, 0) is 24.8 Å². The van der Waals surface area contributed by atoms with Crippen molar-refractivity contribution in [3.8, 4) is 0 Å². The van der Waals surface area contributed by atoms with Gasteiger partial charge in [0.1, 0.15) is 6.29 Å². The average molecular weight is 180 g/mol. The molecule has 0 N–H and O–H groups in total. The van der Waals surface area contributed by atoms with Crippen LogP contribution in [0, 0.1) is 0 Å². The van der Waals surface area contributed by atoms with E-state index in [2.05, 4.69) is 19.9 Å². The normalized spacial score (nSPS) is 13.2.